The minimum atomic E-state index is -0.602. The molecule has 1 unspecified atom stereocenters. The lowest BCUT2D eigenvalue weighted by Gasteiger charge is -2.18. The number of hydrogen-bond donors (Lipinski definition) is 2. The molecule has 1 atom stereocenters. The average Bonchev–Trinajstić information content (AvgIpc) is 3.04. The molecule has 0 fully saturated rings. The van der Waals surface area contributed by atoms with E-state index in [0.717, 1.165) is 24.8 Å². The van der Waals surface area contributed by atoms with Gasteiger partial charge in [0, 0.05) is 18.7 Å². The molecule has 2 amide bonds. The number of hydrogen-bond acceptors (Lipinski definition) is 2. The Morgan fingerprint density at radius 3 is 2.88 bits per heavy atom. The minimum Gasteiger partial charge on any atom is -0.352 e. The van der Waals surface area contributed by atoms with Crippen molar-refractivity contribution in [3.8, 4) is 0 Å². The van der Waals surface area contributed by atoms with Gasteiger partial charge in [0.2, 0.25) is 5.91 Å². The summed E-state index contributed by atoms with van der Waals surface area (Å²) in [6.07, 6.45) is 3.93. The first-order valence-corrected chi connectivity index (χ1v) is 9.10. The Morgan fingerprint density at radius 2 is 2.00 bits per heavy atom. The van der Waals surface area contributed by atoms with Gasteiger partial charge >= 0.3 is 0 Å². The number of fused-ring (bicyclic) bond motifs is 2. The Morgan fingerprint density at radius 1 is 1.15 bits per heavy atom. The van der Waals surface area contributed by atoms with Crippen LogP contribution in [0.3, 0.4) is 0 Å². The minimum absolute atomic E-state index is 0.0479. The van der Waals surface area contributed by atoms with Gasteiger partial charge in [-0.1, -0.05) is 24.3 Å². The monoisotopic (exact) mass is 352 g/mol. The van der Waals surface area contributed by atoms with E-state index >= 15 is 0 Å². The molecule has 4 rings (SSSR count). The van der Waals surface area contributed by atoms with Gasteiger partial charge < -0.3 is 10.6 Å². The van der Waals surface area contributed by atoms with Gasteiger partial charge in [0.05, 0.1) is 5.56 Å². The average molecular weight is 352 g/mol. The fourth-order valence-electron chi connectivity index (χ4n) is 3.98. The molecule has 0 saturated carbocycles. The van der Waals surface area contributed by atoms with Crippen LogP contribution in [0.4, 0.5) is 10.1 Å². The van der Waals surface area contributed by atoms with Gasteiger partial charge in [-0.2, -0.15) is 0 Å². The zero-order valence-electron chi connectivity index (χ0n) is 14.5. The number of carbonyl (C=O) groups excluding carboxylic acids is 2. The van der Waals surface area contributed by atoms with Crippen molar-refractivity contribution in [2.75, 3.05) is 11.9 Å². The summed E-state index contributed by atoms with van der Waals surface area (Å²) in [6, 6.07) is 11.2. The van der Waals surface area contributed by atoms with E-state index in [2.05, 4.69) is 34.9 Å². The SMILES string of the molecule is O=C1CCc2cc(C(=O)NCCC3CCc4ccccc43)c(F)cc2N1. The maximum Gasteiger partial charge on any atom is 0.254 e. The fraction of sp³-hybridized carbons (Fsp3) is 0.333. The Hall–Kier alpha value is -2.69. The molecule has 134 valence electrons. The number of rotatable bonds is 4. The first kappa shape index (κ1) is 16.8. The quantitative estimate of drug-likeness (QED) is 0.884. The van der Waals surface area contributed by atoms with Crippen molar-refractivity contribution >= 4 is 17.5 Å². The second-order valence-corrected chi connectivity index (χ2v) is 7.02. The molecular formula is C21H21FN2O2. The Labute approximate surface area is 151 Å². The zero-order valence-corrected chi connectivity index (χ0v) is 14.5. The number of carbonyl (C=O) groups is 2. The van der Waals surface area contributed by atoms with Crippen LogP contribution in [-0.4, -0.2) is 18.4 Å². The van der Waals surface area contributed by atoms with Gasteiger partial charge in [0.25, 0.3) is 5.91 Å². The highest BCUT2D eigenvalue weighted by Crippen LogP contribution is 2.34. The van der Waals surface area contributed by atoms with E-state index < -0.39 is 11.7 Å². The topological polar surface area (TPSA) is 58.2 Å². The van der Waals surface area contributed by atoms with Crippen molar-refractivity contribution in [1.82, 2.24) is 5.32 Å². The highest BCUT2D eigenvalue weighted by atomic mass is 19.1. The van der Waals surface area contributed by atoms with Crippen molar-refractivity contribution in [2.24, 2.45) is 0 Å². The standard InChI is InChI=1S/C21H21FN2O2/c22-18-12-19-15(7-8-20(25)24-19)11-17(18)21(26)23-10-9-14-6-5-13-3-1-2-4-16(13)14/h1-4,11-12,14H,5-10H2,(H,23,26)(H,24,25). The van der Waals surface area contributed by atoms with Crippen molar-refractivity contribution in [1.29, 1.82) is 0 Å². The molecule has 5 heteroatoms. The lowest BCUT2D eigenvalue weighted by atomic mass is 9.97. The molecular weight excluding hydrogens is 331 g/mol. The van der Waals surface area contributed by atoms with Crippen LogP contribution in [0.5, 0.6) is 0 Å². The predicted octanol–water partition coefficient (Wildman–Crippen LogP) is 3.56. The van der Waals surface area contributed by atoms with Gasteiger partial charge in [-0.05, 0) is 60.4 Å². The molecule has 1 heterocycles. The Kier molecular flexibility index (Phi) is 4.45. The number of benzene rings is 2. The highest BCUT2D eigenvalue weighted by molar-refractivity contribution is 5.98. The molecule has 26 heavy (non-hydrogen) atoms. The van der Waals surface area contributed by atoms with Crippen LogP contribution in [0, 0.1) is 5.82 Å². The largest absolute Gasteiger partial charge is 0.352 e. The van der Waals surface area contributed by atoms with Gasteiger partial charge in [-0.15, -0.1) is 0 Å². The molecule has 0 saturated heterocycles. The highest BCUT2D eigenvalue weighted by Gasteiger charge is 2.23. The summed E-state index contributed by atoms with van der Waals surface area (Å²) in [6.45, 7) is 0.519. The van der Waals surface area contributed by atoms with Crippen LogP contribution >= 0.6 is 0 Å². The summed E-state index contributed by atoms with van der Waals surface area (Å²) in [7, 11) is 0. The van der Waals surface area contributed by atoms with Crippen LogP contribution < -0.4 is 10.6 Å². The molecule has 2 aliphatic rings. The van der Waals surface area contributed by atoms with Crippen molar-refractivity contribution < 1.29 is 14.0 Å². The third-order valence-electron chi connectivity index (χ3n) is 5.37. The number of halogens is 1. The van der Waals surface area contributed by atoms with E-state index in [-0.39, 0.29) is 11.5 Å². The molecule has 4 nitrogen and oxygen atoms in total. The third kappa shape index (κ3) is 3.21. The van der Waals surface area contributed by atoms with E-state index in [1.165, 1.54) is 17.2 Å². The van der Waals surface area contributed by atoms with Gasteiger partial charge in [-0.25, -0.2) is 4.39 Å². The summed E-state index contributed by atoms with van der Waals surface area (Å²) in [5.74, 6) is -0.663. The first-order valence-electron chi connectivity index (χ1n) is 9.10. The van der Waals surface area contributed by atoms with Gasteiger partial charge in [-0.3, -0.25) is 9.59 Å². The smallest absolute Gasteiger partial charge is 0.254 e. The molecule has 0 bridgehead atoms. The zero-order chi connectivity index (χ0) is 18.1. The molecule has 0 aromatic heterocycles. The molecule has 0 radical (unpaired) electrons. The lowest BCUT2D eigenvalue weighted by molar-refractivity contribution is -0.116. The van der Waals surface area contributed by atoms with E-state index in [1.807, 2.05) is 0 Å². The second-order valence-electron chi connectivity index (χ2n) is 7.02. The molecule has 2 N–H and O–H groups in total. The van der Waals surface area contributed by atoms with Crippen LogP contribution in [0.25, 0.3) is 0 Å². The number of nitrogens with one attached hydrogen (secondary N) is 2. The van der Waals surface area contributed by atoms with Crippen LogP contribution in [-0.2, 0) is 17.6 Å². The predicted molar refractivity (Wildman–Crippen MR) is 97.8 cm³/mol. The number of aryl methyl sites for hydroxylation is 2. The van der Waals surface area contributed by atoms with Crippen molar-refractivity contribution in [2.45, 2.75) is 38.0 Å². The van der Waals surface area contributed by atoms with E-state index in [9.17, 15) is 14.0 Å². The van der Waals surface area contributed by atoms with Gasteiger partial charge in [0.15, 0.2) is 0 Å². The summed E-state index contributed by atoms with van der Waals surface area (Å²) in [4.78, 5) is 23.8. The molecule has 2 aromatic carbocycles. The molecule has 2 aromatic rings. The number of amides is 2. The summed E-state index contributed by atoms with van der Waals surface area (Å²) in [5, 5.41) is 5.49. The molecule has 0 spiro atoms. The van der Waals surface area contributed by atoms with Crippen molar-refractivity contribution in [3.05, 3.63) is 64.5 Å². The van der Waals surface area contributed by atoms with Crippen LogP contribution in [0.1, 0.15) is 52.2 Å². The summed E-state index contributed by atoms with van der Waals surface area (Å²) in [5.41, 5.74) is 4.09. The molecule has 1 aliphatic carbocycles. The van der Waals surface area contributed by atoms with E-state index in [0.29, 0.717) is 31.0 Å². The maximum absolute atomic E-state index is 14.3. The summed E-state index contributed by atoms with van der Waals surface area (Å²) >= 11 is 0. The summed E-state index contributed by atoms with van der Waals surface area (Å²) < 4.78 is 14.3. The lowest BCUT2D eigenvalue weighted by Crippen LogP contribution is -2.27. The van der Waals surface area contributed by atoms with Crippen LogP contribution in [0.2, 0.25) is 0 Å². The normalized spacial score (nSPS) is 18.0. The van der Waals surface area contributed by atoms with Gasteiger partial charge in [0.1, 0.15) is 5.82 Å². The first-order chi connectivity index (χ1) is 12.6. The van der Waals surface area contributed by atoms with E-state index in [1.54, 1.807) is 6.07 Å². The maximum atomic E-state index is 14.3. The third-order valence-corrected chi connectivity index (χ3v) is 5.37. The van der Waals surface area contributed by atoms with Crippen molar-refractivity contribution in [3.63, 3.8) is 0 Å². The van der Waals surface area contributed by atoms with E-state index in [4.69, 9.17) is 0 Å². The Balaban J connectivity index is 1.39. The second kappa shape index (κ2) is 6.90. The number of anilines is 1. The molecule has 1 aliphatic heterocycles. The fourth-order valence-corrected chi connectivity index (χ4v) is 3.98. The van der Waals surface area contributed by atoms with Crippen LogP contribution in [0.15, 0.2) is 36.4 Å². The Bertz CT molecular complexity index is 878.